The van der Waals surface area contributed by atoms with E-state index in [1.165, 1.54) is 5.17 Å². The highest BCUT2D eigenvalue weighted by molar-refractivity contribution is 8.14. The van der Waals surface area contributed by atoms with E-state index in [4.69, 9.17) is 4.74 Å². The molecule has 0 bridgehead atoms. The SMILES string of the molecule is CCO[C@@H]1CCN(C2=NCCS2)C1. The molecule has 2 heterocycles. The average molecular weight is 200 g/mol. The molecule has 0 saturated carbocycles. The fourth-order valence-electron chi connectivity index (χ4n) is 1.79. The third-order valence-electron chi connectivity index (χ3n) is 2.39. The molecule has 0 radical (unpaired) electrons. The van der Waals surface area contributed by atoms with Crippen molar-refractivity contribution >= 4 is 16.9 Å². The Balaban J connectivity index is 1.83. The Morgan fingerprint density at radius 2 is 2.62 bits per heavy atom. The van der Waals surface area contributed by atoms with Crippen molar-refractivity contribution in [2.75, 3.05) is 32.0 Å². The van der Waals surface area contributed by atoms with Crippen LogP contribution in [-0.2, 0) is 4.74 Å². The number of hydrogen-bond donors (Lipinski definition) is 0. The van der Waals surface area contributed by atoms with Crippen LogP contribution in [0.4, 0.5) is 0 Å². The van der Waals surface area contributed by atoms with Crippen molar-refractivity contribution in [3.63, 3.8) is 0 Å². The molecule has 2 aliphatic rings. The van der Waals surface area contributed by atoms with E-state index in [0.29, 0.717) is 6.10 Å². The number of likely N-dealkylation sites (tertiary alicyclic amines) is 1. The summed E-state index contributed by atoms with van der Waals surface area (Å²) in [6.07, 6.45) is 1.60. The van der Waals surface area contributed by atoms with Gasteiger partial charge in [0.1, 0.15) is 0 Å². The quantitative estimate of drug-likeness (QED) is 0.669. The normalized spacial score (nSPS) is 28.2. The van der Waals surface area contributed by atoms with Gasteiger partial charge in [-0.05, 0) is 13.3 Å². The van der Waals surface area contributed by atoms with Gasteiger partial charge >= 0.3 is 0 Å². The monoisotopic (exact) mass is 200 g/mol. The summed E-state index contributed by atoms with van der Waals surface area (Å²) in [6, 6.07) is 0. The standard InChI is InChI=1S/C9H16N2OS/c1-2-12-8-3-5-11(7-8)9-10-4-6-13-9/h8H,2-7H2,1H3/t8-/m1/s1. The second-order valence-electron chi connectivity index (χ2n) is 3.32. The third-order valence-corrected chi connectivity index (χ3v) is 3.42. The predicted octanol–water partition coefficient (Wildman–Crippen LogP) is 1.20. The minimum Gasteiger partial charge on any atom is -0.377 e. The van der Waals surface area contributed by atoms with Gasteiger partial charge in [-0.3, -0.25) is 4.99 Å². The number of hydrogen-bond acceptors (Lipinski definition) is 4. The zero-order chi connectivity index (χ0) is 9.10. The van der Waals surface area contributed by atoms with Gasteiger partial charge in [-0.25, -0.2) is 0 Å². The summed E-state index contributed by atoms with van der Waals surface area (Å²) in [5.74, 6) is 1.16. The van der Waals surface area contributed by atoms with Gasteiger partial charge in [0.05, 0.1) is 12.6 Å². The van der Waals surface area contributed by atoms with Crippen LogP contribution in [0.1, 0.15) is 13.3 Å². The number of nitrogens with zero attached hydrogens (tertiary/aromatic N) is 2. The van der Waals surface area contributed by atoms with Crippen LogP contribution in [0.5, 0.6) is 0 Å². The van der Waals surface area contributed by atoms with Crippen molar-refractivity contribution in [1.82, 2.24) is 4.90 Å². The lowest BCUT2D eigenvalue weighted by Crippen LogP contribution is -2.27. The van der Waals surface area contributed by atoms with Crippen molar-refractivity contribution in [3.8, 4) is 0 Å². The van der Waals surface area contributed by atoms with Crippen LogP contribution in [0.3, 0.4) is 0 Å². The molecule has 1 fully saturated rings. The van der Waals surface area contributed by atoms with Crippen molar-refractivity contribution in [1.29, 1.82) is 0 Å². The first-order valence-corrected chi connectivity index (χ1v) is 5.92. The van der Waals surface area contributed by atoms with Crippen molar-refractivity contribution in [3.05, 3.63) is 0 Å². The largest absolute Gasteiger partial charge is 0.377 e. The maximum atomic E-state index is 5.59. The molecule has 0 aromatic heterocycles. The van der Waals surface area contributed by atoms with Crippen LogP contribution in [0.15, 0.2) is 4.99 Å². The molecule has 0 aromatic carbocycles. The molecule has 0 aromatic rings. The maximum absolute atomic E-state index is 5.59. The molecule has 2 rings (SSSR count). The molecule has 74 valence electrons. The smallest absolute Gasteiger partial charge is 0.159 e. The zero-order valence-corrected chi connectivity index (χ0v) is 8.85. The third kappa shape index (κ3) is 2.17. The second-order valence-corrected chi connectivity index (χ2v) is 4.39. The Bertz CT molecular complexity index is 208. The van der Waals surface area contributed by atoms with Gasteiger partial charge in [0.2, 0.25) is 0 Å². The van der Waals surface area contributed by atoms with Crippen LogP contribution in [0.2, 0.25) is 0 Å². The highest BCUT2D eigenvalue weighted by Gasteiger charge is 2.26. The van der Waals surface area contributed by atoms with Crippen molar-refractivity contribution in [2.24, 2.45) is 4.99 Å². The molecule has 0 unspecified atom stereocenters. The Labute approximate surface area is 83.5 Å². The fourth-order valence-corrected chi connectivity index (χ4v) is 2.68. The summed E-state index contributed by atoms with van der Waals surface area (Å²) in [6.45, 7) is 6.05. The van der Waals surface area contributed by atoms with Crippen molar-refractivity contribution < 1.29 is 4.74 Å². The summed E-state index contributed by atoms with van der Waals surface area (Å²) in [5, 5.41) is 1.24. The topological polar surface area (TPSA) is 24.8 Å². The number of rotatable bonds is 2. The number of amidine groups is 1. The van der Waals surface area contributed by atoms with Crippen molar-refractivity contribution in [2.45, 2.75) is 19.4 Å². The van der Waals surface area contributed by atoms with Gasteiger partial charge in [0.15, 0.2) is 5.17 Å². The highest BCUT2D eigenvalue weighted by Crippen LogP contribution is 2.21. The van der Waals surface area contributed by atoms with Gasteiger partial charge < -0.3 is 9.64 Å². The fraction of sp³-hybridized carbons (Fsp3) is 0.889. The molecular formula is C9H16N2OS. The summed E-state index contributed by atoms with van der Waals surface area (Å²) in [7, 11) is 0. The van der Waals surface area contributed by atoms with E-state index >= 15 is 0 Å². The first-order chi connectivity index (χ1) is 6.40. The molecule has 0 amide bonds. The van der Waals surface area contributed by atoms with E-state index < -0.39 is 0 Å². The lowest BCUT2D eigenvalue weighted by atomic mass is 10.3. The van der Waals surface area contributed by atoms with E-state index in [1.54, 1.807) is 0 Å². The minimum absolute atomic E-state index is 0.439. The Morgan fingerprint density at radius 3 is 3.31 bits per heavy atom. The molecule has 2 aliphatic heterocycles. The van der Waals surface area contributed by atoms with Gasteiger partial charge in [-0.15, -0.1) is 0 Å². The van der Waals surface area contributed by atoms with Crippen LogP contribution in [0, 0.1) is 0 Å². The second kappa shape index (κ2) is 4.33. The lowest BCUT2D eigenvalue weighted by molar-refractivity contribution is 0.0734. The van der Waals surface area contributed by atoms with Crippen LogP contribution in [0.25, 0.3) is 0 Å². The van der Waals surface area contributed by atoms with Crippen LogP contribution >= 0.6 is 11.8 Å². The molecule has 1 saturated heterocycles. The summed E-state index contributed by atoms with van der Waals surface area (Å²) < 4.78 is 5.59. The van der Waals surface area contributed by atoms with Gasteiger partial charge in [-0.1, -0.05) is 11.8 Å². The van der Waals surface area contributed by atoms with Gasteiger partial charge in [0, 0.05) is 25.4 Å². The number of ether oxygens (including phenoxy) is 1. The summed E-state index contributed by atoms with van der Waals surface area (Å²) >= 11 is 1.88. The maximum Gasteiger partial charge on any atom is 0.159 e. The van der Waals surface area contributed by atoms with E-state index in [-0.39, 0.29) is 0 Å². The number of thioether (sulfide) groups is 1. The van der Waals surface area contributed by atoms with Gasteiger partial charge in [-0.2, -0.15) is 0 Å². The Hall–Kier alpha value is -0.220. The molecule has 1 atom stereocenters. The van der Waals surface area contributed by atoms with E-state index in [9.17, 15) is 0 Å². The minimum atomic E-state index is 0.439. The van der Waals surface area contributed by atoms with Crippen LogP contribution < -0.4 is 0 Å². The van der Waals surface area contributed by atoms with E-state index in [2.05, 4.69) is 16.8 Å². The summed E-state index contributed by atoms with van der Waals surface area (Å²) in [4.78, 5) is 6.82. The Kier molecular flexibility index (Phi) is 3.11. The highest BCUT2D eigenvalue weighted by atomic mass is 32.2. The lowest BCUT2D eigenvalue weighted by Gasteiger charge is -2.16. The summed E-state index contributed by atoms with van der Waals surface area (Å²) in [5.41, 5.74) is 0. The molecule has 0 aliphatic carbocycles. The van der Waals surface area contributed by atoms with Gasteiger partial charge in [0.25, 0.3) is 0 Å². The molecule has 13 heavy (non-hydrogen) atoms. The first kappa shape index (κ1) is 9.34. The zero-order valence-electron chi connectivity index (χ0n) is 8.03. The predicted molar refractivity (Wildman–Crippen MR) is 56.4 cm³/mol. The average Bonchev–Trinajstić information content (AvgIpc) is 2.70. The van der Waals surface area contributed by atoms with E-state index in [0.717, 1.165) is 38.4 Å². The van der Waals surface area contributed by atoms with E-state index in [1.807, 2.05) is 11.8 Å². The first-order valence-electron chi connectivity index (χ1n) is 4.94. The molecule has 0 spiro atoms. The molecule has 3 nitrogen and oxygen atoms in total. The number of aliphatic imine (C=N–C) groups is 1. The molecular weight excluding hydrogens is 184 g/mol. The van der Waals surface area contributed by atoms with Crippen LogP contribution in [-0.4, -0.2) is 48.2 Å². The molecule has 4 heteroatoms. The molecule has 0 N–H and O–H groups in total. The Morgan fingerprint density at radius 1 is 1.69 bits per heavy atom.